The van der Waals surface area contributed by atoms with Gasteiger partial charge in [-0.25, -0.2) is 4.98 Å². The largest absolute Gasteiger partial charge is 0.481 e. The van der Waals surface area contributed by atoms with Crippen molar-refractivity contribution in [1.29, 1.82) is 0 Å². The molecule has 1 amide bonds. The van der Waals surface area contributed by atoms with E-state index in [1.807, 2.05) is 0 Å². The van der Waals surface area contributed by atoms with Crippen molar-refractivity contribution in [2.45, 2.75) is 25.3 Å². The zero-order valence-corrected chi connectivity index (χ0v) is 9.63. The first kappa shape index (κ1) is 12.3. The molecule has 2 N–H and O–H groups in total. The number of rotatable bonds is 5. The summed E-state index contributed by atoms with van der Waals surface area (Å²) in [6.45, 7) is 0.166. The van der Waals surface area contributed by atoms with Crippen LogP contribution in [0.25, 0.3) is 0 Å². The summed E-state index contributed by atoms with van der Waals surface area (Å²) in [6.07, 6.45) is 3.96. The van der Waals surface area contributed by atoms with Crippen LogP contribution in [0.15, 0.2) is 17.2 Å². The lowest BCUT2D eigenvalue weighted by molar-refractivity contribution is -0.137. The number of carbonyl (C=O) groups is 2. The third kappa shape index (κ3) is 2.93. The smallest absolute Gasteiger partial charge is 0.305 e. The number of amides is 1. The third-order valence-electron chi connectivity index (χ3n) is 2.71. The Bertz CT molecular complexity index is 501. The van der Waals surface area contributed by atoms with Crippen LogP contribution in [-0.2, 0) is 4.79 Å². The van der Waals surface area contributed by atoms with E-state index >= 15 is 0 Å². The van der Waals surface area contributed by atoms with Crippen molar-refractivity contribution in [3.63, 3.8) is 0 Å². The summed E-state index contributed by atoms with van der Waals surface area (Å²) in [5, 5.41) is 8.65. The summed E-state index contributed by atoms with van der Waals surface area (Å²) in [5.41, 5.74) is -0.248. The van der Waals surface area contributed by atoms with E-state index in [2.05, 4.69) is 9.97 Å². The Hall–Kier alpha value is -2.18. The van der Waals surface area contributed by atoms with E-state index in [0.29, 0.717) is 0 Å². The molecule has 0 aromatic carbocycles. The normalized spacial score (nSPS) is 14.2. The average molecular weight is 251 g/mol. The molecular weight excluding hydrogens is 238 g/mol. The number of nitrogens with zero attached hydrogens (tertiary/aromatic N) is 2. The average Bonchev–Trinajstić information content (AvgIpc) is 3.14. The number of carboxylic acids is 1. The molecule has 1 heterocycles. The molecule has 18 heavy (non-hydrogen) atoms. The molecule has 1 aromatic heterocycles. The number of hydrogen-bond donors (Lipinski definition) is 2. The second-order valence-corrected chi connectivity index (χ2v) is 4.17. The molecule has 96 valence electrons. The van der Waals surface area contributed by atoms with Gasteiger partial charge in [-0.3, -0.25) is 14.4 Å². The molecule has 7 heteroatoms. The number of carboxylic acid groups (broad SMARTS) is 1. The van der Waals surface area contributed by atoms with Crippen LogP contribution in [0.1, 0.15) is 29.8 Å². The lowest BCUT2D eigenvalue weighted by Gasteiger charge is -2.20. The molecule has 1 aromatic rings. The first-order valence-corrected chi connectivity index (χ1v) is 5.65. The molecule has 7 nitrogen and oxygen atoms in total. The van der Waals surface area contributed by atoms with Gasteiger partial charge in [0.1, 0.15) is 5.69 Å². The van der Waals surface area contributed by atoms with Gasteiger partial charge in [-0.2, -0.15) is 0 Å². The highest BCUT2D eigenvalue weighted by molar-refractivity contribution is 5.92. The lowest BCUT2D eigenvalue weighted by atomic mass is 10.3. The van der Waals surface area contributed by atoms with E-state index in [1.165, 1.54) is 11.1 Å². The first-order valence-electron chi connectivity index (χ1n) is 5.65. The van der Waals surface area contributed by atoms with Crippen LogP contribution in [0.3, 0.4) is 0 Å². The first-order chi connectivity index (χ1) is 8.58. The topological polar surface area (TPSA) is 103 Å². The van der Waals surface area contributed by atoms with Gasteiger partial charge in [-0.1, -0.05) is 0 Å². The standard InChI is InChI=1S/C11H13N3O4/c15-9-6-12-8(5-13-9)11(18)14(7-1-2-7)4-3-10(16)17/h5-7H,1-4H2,(H,13,15)(H,16,17). The van der Waals surface area contributed by atoms with Crippen LogP contribution < -0.4 is 5.56 Å². The van der Waals surface area contributed by atoms with Gasteiger partial charge < -0.3 is 15.0 Å². The predicted octanol–water partition coefficient (Wildman–Crippen LogP) is -0.151. The van der Waals surface area contributed by atoms with Crippen LogP contribution in [0.4, 0.5) is 0 Å². The van der Waals surface area contributed by atoms with Gasteiger partial charge in [0.15, 0.2) is 0 Å². The minimum Gasteiger partial charge on any atom is -0.481 e. The zero-order valence-electron chi connectivity index (χ0n) is 9.63. The maximum atomic E-state index is 12.1. The highest BCUT2D eigenvalue weighted by Gasteiger charge is 2.33. The Balaban J connectivity index is 2.10. The van der Waals surface area contributed by atoms with Crippen LogP contribution in [0.2, 0.25) is 0 Å². The number of H-pyrrole nitrogens is 1. The Morgan fingerprint density at radius 2 is 2.22 bits per heavy atom. The number of nitrogens with one attached hydrogen (secondary N) is 1. The van der Waals surface area contributed by atoms with E-state index in [0.717, 1.165) is 19.0 Å². The summed E-state index contributed by atoms with van der Waals surface area (Å²) in [4.78, 5) is 41.1. The Morgan fingerprint density at radius 3 is 2.72 bits per heavy atom. The fourth-order valence-electron chi connectivity index (χ4n) is 1.66. The summed E-state index contributed by atoms with van der Waals surface area (Å²) in [7, 11) is 0. The van der Waals surface area contributed by atoms with Crippen LogP contribution in [0.5, 0.6) is 0 Å². The van der Waals surface area contributed by atoms with Crippen molar-refractivity contribution in [2.24, 2.45) is 0 Å². The van der Waals surface area contributed by atoms with Gasteiger partial charge >= 0.3 is 5.97 Å². The molecule has 0 radical (unpaired) electrons. The van der Waals surface area contributed by atoms with Crippen molar-refractivity contribution >= 4 is 11.9 Å². The number of aliphatic carboxylic acids is 1. The van der Waals surface area contributed by atoms with Crippen molar-refractivity contribution in [3.8, 4) is 0 Å². The number of hydrogen-bond acceptors (Lipinski definition) is 4. The van der Waals surface area contributed by atoms with Crippen molar-refractivity contribution in [2.75, 3.05) is 6.54 Å². The van der Waals surface area contributed by atoms with Crippen molar-refractivity contribution in [3.05, 3.63) is 28.4 Å². The van der Waals surface area contributed by atoms with E-state index in [4.69, 9.17) is 5.11 Å². The number of aromatic nitrogens is 2. The lowest BCUT2D eigenvalue weighted by Crippen LogP contribution is -2.35. The predicted molar refractivity (Wildman–Crippen MR) is 61.2 cm³/mol. The molecule has 0 aliphatic heterocycles. The van der Waals surface area contributed by atoms with Crippen molar-refractivity contribution in [1.82, 2.24) is 14.9 Å². The molecule has 2 rings (SSSR count). The van der Waals surface area contributed by atoms with Gasteiger partial charge in [0, 0.05) is 18.8 Å². The Kier molecular flexibility index (Phi) is 3.40. The summed E-state index contributed by atoms with van der Waals surface area (Å²) >= 11 is 0. The Labute approximate surface area is 102 Å². The number of carbonyl (C=O) groups excluding carboxylic acids is 1. The monoisotopic (exact) mass is 251 g/mol. The van der Waals surface area contributed by atoms with E-state index in [-0.39, 0.29) is 36.2 Å². The van der Waals surface area contributed by atoms with Crippen molar-refractivity contribution < 1.29 is 14.7 Å². The van der Waals surface area contributed by atoms with Crippen LogP contribution in [0, 0.1) is 0 Å². The van der Waals surface area contributed by atoms with Crippen LogP contribution >= 0.6 is 0 Å². The molecule has 0 atom stereocenters. The molecule has 1 aliphatic rings. The van der Waals surface area contributed by atoms with E-state index in [1.54, 1.807) is 0 Å². The maximum Gasteiger partial charge on any atom is 0.305 e. The minimum atomic E-state index is -0.942. The highest BCUT2D eigenvalue weighted by Crippen LogP contribution is 2.27. The quantitative estimate of drug-likeness (QED) is 0.757. The molecule has 0 unspecified atom stereocenters. The Morgan fingerprint density at radius 1 is 1.50 bits per heavy atom. The molecule has 1 fully saturated rings. The minimum absolute atomic E-state index is 0.0917. The molecule has 0 spiro atoms. The van der Waals surface area contributed by atoms with E-state index < -0.39 is 5.97 Å². The molecular formula is C11H13N3O4. The third-order valence-corrected chi connectivity index (χ3v) is 2.71. The summed E-state index contributed by atoms with van der Waals surface area (Å²) < 4.78 is 0. The van der Waals surface area contributed by atoms with Gasteiger partial charge in [0.25, 0.3) is 11.5 Å². The second kappa shape index (κ2) is 4.99. The van der Waals surface area contributed by atoms with Crippen LogP contribution in [-0.4, -0.2) is 44.4 Å². The fourth-order valence-corrected chi connectivity index (χ4v) is 1.66. The maximum absolute atomic E-state index is 12.1. The molecule has 1 aliphatic carbocycles. The number of aromatic amines is 1. The SMILES string of the molecule is O=C(O)CCN(C(=O)c1c[nH]c(=O)cn1)C1CC1. The summed E-state index contributed by atoms with van der Waals surface area (Å²) in [6, 6.07) is 0.102. The fraction of sp³-hybridized carbons (Fsp3) is 0.455. The highest BCUT2D eigenvalue weighted by atomic mass is 16.4. The van der Waals surface area contributed by atoms with Gasteiger partial charge in [-0.05, 0) is 12.8 Å². The molecule has 1 saturated carbocycles. The molecule has 0 bridgehead atoms. The van der Waals surface area contributed by atoms with Gasteiger partial charge in [0.2, 0.25) is 0 Å². The molecule has 0 saturated heterocycles. The van der Waals surface area contributed by atoms with Gasteiger partial charge in [-0.15, -0.1) is 0 Å². The zero-order chi connectivity index (χ0) is 13.1. The van der Waals surface area contributed by atoms with E-state index in [9.17, 15) is 14.4 Å². The summed E-state index contributed by atoms with van der Waals surface area (Å²) in [5.74, 6) is -1.28. The second-order valence-electron chi connectivity index (χ2n) is 4.17. The van der Waals surface area contributed by atoms with Gasteiger partial charge in [0.05, 0.1) is 12.6 Å².